The maximum absolute atomic E-state index is 8.08. The molecule has 0 radical (unpaired) electrons. The van der Waals surface area contributed by atoms with E-state index in [4.69, 9.17) is 27.8 Å². The molecule has 0 saturated carbocycles. The smallest absolute Gasteiger partial charge is 0.399 e. The van der Waals surface area contributed by atoms with Crippen LogP contribution in [0.3, 0.4) is 0 Å². The van der Waals surface area contributed by atoms with Crippen LogP contribution >= 0.6 is 11.6 Å². The third-order valence-electron chi connectivity index (χ3n) is 3.23. The van der Waals surface area contributed by atoms with Gasteiger partial charge in [0, 0.05) is 15.7 Å². The molecule has 0 aromatic carbocycles. The molecule has 0 unspecified atom stereocenters. The quantitative estimate of drug-likeness (QED) is 0.725. The van der Waals surface area contributed by atoms with E-state index in [9.17, 15) is 0 Å². The lowest BCUT2D eigenvalue weighted by atomic mass is 9.80. The predicted octanol–water partition coefficient (Wildman–Crippen LogP) is 2.34. The van der Waals surface area contributed by atoms with Crippen LogP contribution in [0, 0.1) is 6.85 Å². The van der Waals surface area contributed by atoms with E-state index in [-0.39, 0.29) is 22.7 Å². The van der Waals surface area contributed by atoms with Gasteiger partial charge in [0.25, 0.3) is 0 Å². The molecule has 2 rings (SSSR count). The second kappa shape index (κ2) is 3.97. The van der Waals surface area contributed by atoms with Crippen molar-refractivity contribution in [2.45, 2.75) is 45.7 Å². The molecule has 2 heterocycles. The van der Waals surface area contributed by atoms with Crippen LogP contribution < -0.4 is 5.46 Å². The highest BCUT2D eigenvalue weighted by molar-refractivity contribution is 6.62. The van der Waals surface area contributed by atoms with Crippen LogP contribution in [-0.4, -0.2) is 23.3 Å². The number of aromatic nitrogens is 1. The molecule has 0 N–H and O–H groups in total. The lowest BCUT2D eigenvalue weighted by Crippen LogP contribution is -2.41. The number of hydrogen-bond acceptors (Lipinski definition) is 3. The van der Waals surface area contributed by atoms with Crippen molar-refractivity contribution in [3.63, 3.8) is 0 Å². The minimum atomic E-state index is -2.59. The summed E-state index contributed by atoms with van der Waals surface area (Å²) in [6.07, 6.45) is -0.376. The number of hydrogen-bond donors (Lipinski definition) is 0. The van der Waals surface area contributed by atoms with Crippen molar-refractivity contribution >= 4 is 24.2 Å². The summed E-state index contributed by atoms with van der Waals surface area (Å²) in [5.41, 5.74) is -1.71. The van der Waals surface area contributed by atoms with E-state index in [1.165, 1.54) is 0 Å². The second-order valence-electron chi connectivity index (χ2n) is 5.01. The first-order valence-corrected chi connectivity index (χ1v) is 5.68. The van der Waals surface area contributed by atoms with Gasteiger partial charge in [0.05, 0.1) is 24.7 Å². The highest BCUT2D eigenvalue weighted by Gasteiger charge is 2.51. The predicted molar refractivity (Wildman–Crippen MR) is 69.7 cm³/mol. The van der Waals surface area contributed by atoms with Gasteiger partial charge in [-0.1, -0.05) is 11.6 Å². The third kappa shape index (κ3) is 2.22. The van der Waals surface area contributed by atoms with Crippen LogP contribution in [-0.2, 0) is 9.31 Å². The van der Waals surface area contributed by atoms with E-state index in [1.807, 2.05) is 27.7 Å². The molecular weight excluding hydrogens is 236 g/mol. The molecule has 0 amide bonds. The maximum Gasteiger partial charge on any atom is 0.496 e. The number of pyridine rings is 1. The zero-order valence-electron chi connectivity index (χ0n) is 15.2. The second-order valence-corrected chi connectivity index (χ2v) is 5.39. The van der Waals surface area contributed by atoms with E-state index in [1.54, 1.807) is 0 Å². The summed E-state index contributed by atoms with van der Waals surface area (Å²) in [6.45, 7) is 4.77. The fourth-order valence-electron chi connectivity index (χ4n) is 1.44. The summed E-state index contributed by atoms with van der Waals surface area (Å²) in [7, 11) is -0.986. The monoisotopic (exact) mass is 258 g/mol. The number of halogens is 1. The van der Waals surface area contributed by atoms with E-state index < -0.39 is 30.9 Å². The van der Waals surface area contributed by atoms with Crippen molar-refractivity contribution in [1.29, 1.82) is 0 Å². The van der Waals surface area contributed by atoms with Gasteiger partial charge in [0.1, 0.15) is 0 Å². The summed E-state index contributed by atoms with van der Waals surface area (Å²) in [4.78, 5) is 3.74. The third-order valence-corrected chi connectivity index (χ3v) is 3.50. The summed E-state index contributed by atoms with van der Waals surface area (Å²) in [6, 6.07) is -0.300. The Hall–Kier alpha value is -0.575. The van der Waals surface area contributed by atoms with Crippen LogP contribution in [0.1, 0.15) is 40.2 Å². The Bertz CT molecular complexity index is 605. The van der Waals surface area contributed by atoms with Crippen LogP contribution in [0.2, 0.25) is 5.02 Å². The number of nitrogens with zero attached hydrogens (tertiary/aromatic N) is 1. The molecular formula is C12H17BClNO2. The zero-order chi connectivity index (χ0) is 17.1. The summed E-state index contributed by atoms with van der Waals surface area (Å²) in [5.74, 6) is 0. The van der Waals surface area contributed by atoms with Gasteiger partial charge in [-0.25, -0.2) is 0 Å². The first-order chi connectivity index (χ1) is 9.78. The topological polar surface area (TPSA) is 31.4 Å². The molecule has 17 heavy (non-hydrogen) atoms. The standard InChI is InChI=1S/C12H17BClNO2/c1-8-10(14)6-9(7-15-8)13-16-11(2,3)12(4,5)17-13/h6-7H,1-5H3/i1D3,6D,7D. The normalized spacial score (nSPS) is 26.9. The Morgan fingerprint density at radius 2 is 1.94 bits per heavy atom. The highest BCUT2D eigenvalue weighted by Crippen LogP contribution is 2.36. The van der Waals surface area contributed by atoms with Crippen molar-refractivity contribution in [2.24, 2.45) is 0 Å². The van der Waals surface area contributed by atoms with Gasteiger partial charge in [-0.05, 0) is 40.6 Å². The number of aryl methyl sites for hydroxylation is 1. The Morgan fingerprint density at radius 1 is 1.35 bits per heavy atom. The summed E-state index contributed by atoms with van der Waals surface area (Å²) in [5, 5.41) is -0.305. The van der Waals surface area contributed by atoms with Crippen LogP contribution in [0.4, 0.5) is 0 Å². The lowest BCUT2D eigenvalue weighted by Gasteiger charge is -2.32. The van der Waals surface area contributed by atoms with Gasteiger partial charge < -0.3 is 9.31 Å². The van der Waals surface area contributed by atoms with Crippen molar-refractivity contribution in [3.05, 3.63) is 22.9 Å². The Morgan fingerprint density at radius 3 is 2.47 bits per heavy atom. The molecule has 0 bridgehead atoms. The molecule has 0 aliphatic carbocycles. The average molecular weight is 259 g/mol. The largest absolute Gasteiger partial charge is 0.496 e. The SMILES string of the molecule is [2H]c1nc(C([2H])([2H])[2H])c(Cl)c([2H])c1B1OC(C)(C)C(C)(C)O1. The lowest BCUT2D eigenvalue weighted by molar-refractivity contribution is 0.00578. The fraction of sp³-hybridized carbons (Fsp3) is 0.583. The molecule has 1 aliphatic rings. The average Bonchev–Trinajstić information content (AvgIpc) is 2.51. The molecule has 92 valence electrons. The molecule has 1 aromatic rings. The summed E-state index contributed by atoms with van der Waals surface area (Å²) < 4.78 is 49.7. The van der Waals surface area contributed by atoms with Crippen LogP contribution in [0.25, 0.3) is 0 Å². The van der Waals surface area contributed by atoms with Gasteiger partial charge >= 0.3 is 7.12 Å². The molecule has 0 spiro atoms. The Labute approximate surface area is 115 Å². The zero-order valence-corrected chi connectivity index (χ0v) is 11.0. The van der Waals surface area contributed by atoms with E-state index in [0.717, 1.165) is 0 Å². The minimum Gasteiger partial charge on any atom is -0.399 e. The fourth-order valence-corrected chi connectivity index (χ4v) is 1.59. The van der Waals surface area contributed by atoms with Crippen molar-refractivity contribution in [1.82, 2.24) is 4.98 Å². The molecule has 0 atom stereocenters. The number of rotatable bonds is 1. The first-order valence-electron chi connectivity index (χ1n) is 7.80. The van der Waals surface area contributed by atoms with Gasteiger partial charge in [0.2, 0.25) is 0 Å². The molecule has 1 saturated heterocycles. The molecule has 3 nitrogen and oxygen atoms in total. The van der Waals surface area contributed by atoms with Crippen LogP contribution in [0.15, 0.2) is 12.2 Å². The van der Waals surface area contributed by atoms with Gasteiger partial charge in [-0.15, -0.1) is 0 Å². The van der Waals surface area contributed by atoms with E-state index in [0.29, 0.717) is 0 Å². The Balaban J connectivity index is 2.54. The summed E-state index contributed by atoms with van der Waals surface area (Å²) >= 11 is 5.97. The van der Waals surface area contributed by atoms with Crippen molar-refractivity contribution in [2.75, 3.05) is 0 Å². The van der Waals surface area contributed by atoms with Crippen LogP contribution in [0.5, 0.6) is 0 Å². The molecule has 1 aliphatic heterocycles. The van der Waals surface area contributed by atoms with Crippen molar-refractivity contribution in [3.8, 4) is 0 Å². The van der Waals surface area contributed by atoms with Gasteiger partial charge in [-0.3, -0.25) is 4.98 Å². The maximum atomic E-state index is 8.08. The minimum absolute atomic E-state index is 0.0386. The molecule has 5 heteroatoms. The van der Waals surface area contributed by atoms with Gasteiger partial charge in [-0.2, -0.15) is 0 Å². The van der Waals surface area contributed by atoms with Crippen molar-refractivity contribution < 1.29 is 16.2 Å². The van der Waals surface area contributed by atoms with E-state index >= 15 is 0 Å². The molecule has 1 aromatic heterocycles. The first kappa shape index (κ1) is 7.77. The van der Waals surface area contributed by atoms with Gasteiger partial charge in [0.15, 0.2) is 0 Å². The highest BCUT2D eigenvalue weighted by atomic mass is 35.5. The molecule has 1 fully saturated rings. The van der Waals surface area contributed by atoms with E-state index in [2.05, 4.69) is 4.98 Å². The Kier molecular flexibility index (Phi) is 1.82.